The normalized spacial score (nSPS) is 16.3. The summed E-state index contributed by atoms with van der Waals surface area (Å²) >= 11 is 15.6. The molecule has 1 aliphatic carbocycles. The highest BCUT2D eigenvalue weighted by Crippen LogP contribution is 2.44. The predicted molar refractivity (Wildman–Crippen MR) is 162 cm³/mol. The number of rotatable bonds is 11. The molecular weight excluding hydrogens is 631 g/mol. The molecule has 10 heteroatoms. The van der Waals surface area contributed by atoms with Crippen LogP contribution in [0, 0.1) is 0 Å². The van der Waals surface area contributed by atoms with Gasteiger partial charge in [-0.2, -0.15) is 0 Å². The monoisotopic (exact) mass is 658 g/mol. The van der Waals surface area contributed by atoms with Gasteiger partial charge in [-0.3, -0.25) is 9.69 Å². The maximum atomic E-state index is 13.4. The highest BCUT2D eigenvalue weighted by molar-refractivity contribution is 9.10. The van der Waals surface area contributed by atoms with E-state index in [1.54, 1.807) is 18.2 Å². The van der Waals surface area contributed by atoms with E-state index in [2.05, 4.69) is 15.9 Å². The predicted octanol–water partition coefficient (Wildman–Crippen LogP) is 6.43. The van der Waals surface area contributed by atoms with E-state index in [1.165, 1.54) is 0 Å². The van der Waals surface area contributed by atoms with E-state index in [-0.39, 0.29) is 19.1 Å². The summed E-state index contributed by atoms with van der Waals surface area (Å²) in [5.74, 6) is 0.416. The first-order valence-electron chi connectivity index (χ1n) is 13.3. The molecular formula is C31H29BrCl2N2O5. The summed E-state index contributed by atoms with van der Waals surface area (Å²) in [5.41, 5.74) is 8.27. The van der Waals surface area contributed by atoms with Gasteiger partial charge in [-0.15, -0.1) is 0 Å². The summed E-state index contributed by atoms with van der Waals surface area (Å²) in [5, 5.41) is 1.02. The van der Waals surface area contributed by atoms with Crippen molar-refractivity contribution in [1.29, 1.82) is 0 Å². The van der Waals surface area contributed by atoms with Crippen LogP contribution in [-0.4, -0.2) is 48.6 Å². The van der Waals surface area contributed by atoms with E-state index in [0.29, 0.717) is 66.1 Å². The Morgan fingerprint density at radius 1 is 0.976 bits per heavy atom. The van der Waals surface area contributed by atoms with Crippen LogP contribution in [0.15, 0.2) is 76.8 Å². The lowest BCUT2D eigenvalue weighted by Crippen LogP contribution is -2.50. The van der Waals surface area contributed by atoms with Crippen LogP contribution in [0.3, 0.4) is 0 Å². The summed E-state index contributed by atoms with van der Waals surface area (Å²) < 4.78 is 18.1. The Balaban J connectivity index is 1.28. The van der Waals surface area contributed by atoms with Gasteiger partial charge in [-0.1, -0.05) is 69.5 Å². The summed E-state index contributed by atoms with van der Waals surface area (Å²) in [6.45, 7) is 1.66. The first-order valence-corrected chi connectivity index (χ1v) is 14.8. The molecule has 0 saturated heterocycles. The number of amides is 1. The minimum Gasteiger partial charge on any atom is -0.490 e. The number of esters is 1. The number of ether oxygens (including phenoxy) is 3. The average molecular weight is 660 g/mol. The van der Waals surface area contributed by atoms with Crippen LogP contribution in [0.2, 0.25) is 10.0 Å². The van der Waals surface area contributed by atoms with E-state index in [4.69, 9.17) is 43.1 Å². The highest BCUT2D eigenvalue weighted by atomic mass is 79.9. The molecule has 2 aliphatic rings. The molecule has 0 spiro atoms. The van der Waals surface area contributed by atoms with Crippen LogP contribution in [-0.2, 0) is 20.9 Å². The van der Waals surface area contributed by atoms with Crippen molar-refractivity contribution in [2.45, 2.75) is 31.4 Å². The fourth-order valence-electron chi connectivity index (χ4n) is 4.97. The minimum atomic E-state index is -0.672. The molecule has 1 amide bonds. The van der Waals surface area contributed by atoms with Crippen molar-refractivity contribution in [2.24, 2.45) is 5.73 Å². The lowest BCUT2D eigenvalue weighted by Gasteiger charge is -2.35. The van der Waals surface area contributed by atoms with E-state index < -0.39 is 11.5 Å². The number of primary amides is 1. The van der Waals surface area contributed by atoms with Crippen molar-refractivity contribution in [1.82, 2.24) is 4.90 Å². The Bertz CT molecular complexity index is 1470. The lowest BCUT2D eigenvalue weighted by atomic mass is 9.92. The van der Waals surface area contributed by atoms with Gasteiger partial charge >= 0.3 is 5.97 Å². The number of carbonyl (C=O) groups excluding carboxylic acids is 2. The molecule has 1 heterocycles. The Morgan fingerprint density at radius 3 is 2.41 bits per heavy atom. The Morgan fingerprint density at radius 2 is 1.71 bits per heavy atom. The molecule has 7 nitrogen and oxygen atoms in total. The second-order valence-corrected chi connectivity index (χ2v) is 11.7. The maximum Gasteiger partial charge on any atom is 0.335 e. The number of benzene rings is 3. The van der Waals surface area contributed by atoms with Crippen molar-refractivity contribution >= 4 is 56.6 Å². The van der Waals surface area contributed by atoms with Gasteiger partial charge in [-0.25, -0.2) is 4.79 Å². The molecule has 3 aromatic carbocycles. The van der Waals surface area contributed by atoms with Gasteiger partial charge in [-0.05, 0) is 60.7 Å². The third-order valence-electron chi connectivity index (χ3n) is 7.40. The van der Waals surface area contributed by atoms with Crippen LogP contribution in [0.1, 0.15) is 30.4 Å². The standard InChI is InChI=1S/C31H29BrCl2N2O5/c32-26-4-2-1-3-21(26)19-41-29(37)25-18-36(31(12-13-31)30(35)38)14-11-24(25)20-5-8-23(9-6-20)39-15-16-40-28-17-22(33)7-10-27(28)34/h1-10,17H,11-16,18-19H2,(H2,35,38). The topological polar surface area (TPSA) is 91.1 Å². The second-order valence-electron chi connectivity index (χ2n) is 9.99. The van der Waals surface area contributed by atoms with E-state index in [1.807, 2.05) is 53.4 Å². The molecule has 0 unspecified atom stereocenters. The molecule has 1 aliphatic heterocycles. The van der Waals surface area contributed by atoms with Crippen LogP contribution in [0.25, 0.3) is 5.57 Å². The van der Waals surface area contributed by atoms with Crippen LogP contribution >= 0.6 is 39.1 Å². The van der Waals surface area contributed by atoms with Gasteiger partial charge in [0.2, 0.25) is 5.91 Å². The van der Waals surface area contributed by atoms with Crippen molar-refractivity contribution in [3.8, 4) is 11.5 Å². The Kier molecular flexibility index (Phi) is 9.24. The summed E-state index contributed by atoms with van der Waals surface area (Å²) in [7, 11) is 0. The molecule has 0 aromatic heterocycles. The number of hydrogen-bond donors (Lipinski definition) is 1. The van der Waals surface area contributed by atoms with Gasteiger partial charge < -0.3 is 19.9 Å². The third-order valence-corrected chi connectivity index (χ3v) is 8.72. The number of nitrogens with zero attached hydrogens (tertiary/aromatic N) is 1. The SMILES string of the molecule is NC(=O)C1(N2CCC(c3ccc(OCCOc4cc(Cl)ccc4Cl)cc3)=C(C(=O)OCc3ccccc3Br)C2)CC1. The largest absolute Gasteiger partial charge is 0.490 e. The molecule has 0 atom stereocenters. The molecule has 214 valence electrons. The highest BCUT2D eigenvalue weighted by Gasteiger charge is 2.54. The first-order chi connectivity index (χ1) is 19.8. The molecule has 41 heavy (non-hydrogen) atoms. The van der Waals surface area contributed by atoms with Gasteiger partial charge in [0.05, 0.1) is 10.6 Å². The van der Waals surface area contributed by atoms with E-state index in [9.17, 15) is 9.59 Å². The zero-order valence-electron chi connectivity index (χ0n) is 22.2. The minimum absolute atomic E-state index is 0.132. The number of carbonyl (C=O) groups is 2. The van der Waals surface area contributed by atoms with E-state index >= 15 is 0 Å². The smallest absolute Gasteiger partial charge is 0.335 e. The zero-order chi connectivity index (χ0) is 29.0. The maximum absolute atomic E-state index is 13.4. The molecule has 0 radical (unpaired) electrons. The van der Waals surface area contributed by atoms with Gasteiger partial charge in [0.15, 0.2) is 0 Å². The van der Waals surface area contributed by atoms with E-state index in [0.717, 1.165) is 21.2 Å². The van der Waals surface area contributed by atoms with Crippen molar-refractivity contribution in [2.75, 3.05) is 26.3 Å². The average Bonchev–Trinajstić information content (AvgIpc) is 3.79. The van der Waals surface area contributed by atoms with Crippen LogP contribution in [0.4, 0.5) is 0 Å². The summed E-state index contributed by atoms with van der Waals surface area (Å²) in [6, 6.07) is 20.2. The van der Waals surface area contributed by atoms with Gasteiger partial charge in [0.25, 0.3) is 0 Å². The summed E-state index contributed by atoms with van der Waals surface area (Å²) in [4.78, 5) is 27.7. The van der Waals surface area contributed by atoms with Crippen LogP contribution < -0.4 is 15.2 Å². The molecule has 2 N–H and O–H groups in total. The fourth-order valence-corrected chi connectivity index (χ4v) is 5.70. The second kappa shape index (κ2) is 12.9. The van der Waals surface area contributed by atoms with Crippen molar-refractivity contribution in [3.63, 3.8) is 0 Å². The number of hydrogen-bond acceptors (Lipinski definition) is 6. The number of nitrogens with two attached hydrogens (primary N) is 1. The Hall–Kier alpha value is -3.04. The molecule has 0 bridgehead atoms. The molecule has 1 saturated carbocycles. The number of halogens is 3. The zero-order valence-corrected chi connectivity index (χ0v) is 25.3. The van der Waals surface area contributed by atoms with Gasteiger partial charge in [0.1, 0.15) is 36.9 Å². The summed E-state index contributed by atoms with van der Waals surface area (Å²) in [6.07, 6.45) is 2.00. The Labute approximate surface area is 257 Å². The third kappa shape index (κ3) is 6.89. The fraction of sp³-hybridized carbons (Fsp3) is 0.290. The van der Waals surface area contributed by atoms with Gasteiger partial charge in [0, 0.05) is 34.2 Å². The lowest BCUT2D eigenvalue weighted by molar-refractivity contribution is -0.141. The van der Waals surface area contributed by atoms with Crippen molar-refractivity contribution < 1.29 is 23.8 Å². The van der Waals surface area contributed by atoms with Crippen molar-refractivity contribution in [3.05, 3.63) is 97.9 Å². The quantitative estimate of drug-likeness (QED) is 0.188. The van der Waals surface area contributed by atoms with Crippen LogP contribution in [0.5, 0.6) is 11.5 Å². The first kappa shape index (κ1) is 29.5. The molecule has 1 fully saturated rings. The molecule has 5 rings (SSSR count). The molecule has 3 aromatic rings.